The first-order chi connectivity index (χ1) is 9.68. The van der Waals surface area contributed by atoms with Crippen LogP contribution in [0.5, 0.6) is 0 Å². The van der Waals surface area contributed by atoms with Gasteiger partial charge < -0.3 is 10.1 Å². The fourth-order valence-electron chi connectivity index (χ4n) is 2.03. The molecule has 1 heterocycles. The number of hydrogen-bond acceptors (Lipinski definition) is 4. The molecule has 1 saturated heterocycles. The second-order valence-electron chi connectivity index (χ2n) is 4.81. The largest absolute Gasteiger partial charge is 0.365 e. The third-order valence-electron chi connectivity index (χ3n) is 3.12. The Balaban J connectivity index is 2.23. The number of nitrogens with two attached hydrogens (primary N) is 1. The van der Waals surface area contributed by atoms with E-state index in [2.05, 4.69) is 5.32 Å². The van der Waals surface area contributed by atoms with E-state index in [0.717, 1.165) is 0 Å². The molecule has 1 aromatic carbocycles. The lowest BCUT2D eigenvalue weighted by Gasteiger charge is -2.13. The molecule has 116 valence electrons. The van der Waals surface area contributed by atoms with Crippen molar-refractivity contribution in [3.63, 3.8) is 0 Å². The van der Waals surface area contributed by atoms with Gasteiger partial charge in [0.15, 0.2) is 11.6 Å². The van der Waals surface area contributed by atoms with Crippen molar-refractivity contribution in [1.82, 2.24) is 0 Å². The highest BCUT2D eigenvalue weighted by atomic mass is 32.2. The number of halogens is 2. The molecule has 0 spiro atoms. The van der Waals surface area contributed by atoms with Crippen molar-refractivity contribution in [3.8, 4) is 0 Å². The van der Waals surface area contributed by atoms with E-state index >= 15 is 0 Å². The Morgan fingerprint density at radius 3 is 2.33 bits per heavy atom. The molecule has 0 radical (unpaired) electrons. The van der Waals surface area contributed by atoms with Crippen LogP contribution in [0.1, 0.15) is 19.8 Å². The van der Waals surface area contributed by atoms with E-state index in [9.17, 15) is 22.0 Å². The van der Waals surface area contributed by atoms with E-state index in [1.54, 1.807) is 6.92 Å². The first kappa shape index (κ1) is 15.8. The van der Waals surface area contributed by atoms with Crippen molar-refractivity contribution >= 4 is 21.6 Å². The first-order valence-corrected chi connectivity index (χ1v) is 7.71. The molecular weight excluding hydrogens is 306 g/mol. The Kier molecular flexibility index (Phi) is 4.26. The smallest absolute Gasteiger partial charge is 0.253 e. The summed E-state index contributed by atoms with van der Waals surface area (Å²) in [5.74, 6) is -3.13. The van der Waals surface area contributed by atoms with Crippen LogP contribution in [-0.4, -0.2) is 26.5 Å². The zero-order valence-electron chi connectivity index (χ0n) is 11.1. The predicted molar refractivity (Wildman–Crippen MR) is 69.9 cm³/mol. The molecule has 0 bridgehead atoms. The Morgan fingerprint density at radius 1 is 1.33 bits per heavy atom. The highest BCUT2D eigenvalue weighted by Gasteiger charge is 2.29. The molecule has 1 fully saturated rings. The maximum Gasteiger partial charge on any atom is 0.253 e. The van der Waals surface area contributed by atoms with Crippen molar-refractivity contribution in [2.45, 2.75) is 36.9 Å². The number of nitrogens with one attached hydrogen (secondary N) is 1. The molecule has 9 heteroatoms. The number of anilines is 1. The number of benzene rings is 1. The Bertz CT molecular complexity index is 655. The number of ether oxygens (including phenoxy) is 1. The monoisotopic (exact) mass is 320 g/mol. The molecule has 0 aliphatic carbocycles. The molecule has 2 unspecified atom stereocenters. The quantitative estimate of drug-likeness (QED) is 0.872. The minimum atomic E-state index is -4.23. The maximum atomic E-state index is 13.7. The Morgan fingerprint density at radius 2 is 1.90 bits per heavy atom. The van der Waals surface area contributed by atoms with E-state index in [1.165, 1.54) is 0 Å². The second-order valence-corrected chi connectivity index (χ2v) is 6.37. The molecule has 21 heavy (non-hydrogen) atoms. The van der Waals surface area contributed by atoms with Crippen LogP contribution in [0, 0.1) is 11.6 Å². The standard InChI is InChI=1S/C12H14F2N2O4S/c1-6-2-3-10(20-6)12(17)16-11-8(13)4-7(5-9(11)14)21(15,18)19/h4-6,10H,2-3H2,1H3,(H,16,17)(H2,15,18,19). The predicted octanol–water partition coefficient (Wildman–Crippen LogP) is 1.12. The topological polar surface area (TPSA) is 98.5 Å². The fraction of sp³-hybridized carbons (Fsp3) is 0.417. The maximum absolute atomic E-state index is 13.7. The summed E-state index contributed by atoms with van der Waals surface area (Å²) < 4.78 is 54.9. The summed E-state index contributed by atoms with van der Waals surface area (Å²) in [6.45, 7) is 1.79. The van der Waals surface area contributed by atoms with Gasteiger partial charge in [-0.2, -0.15) is 0 Å². The fourth-order valence-corrected chi connectivity index (χ4v) is 2.57. The van der Waals surface area contributed by atoms with Gasteiger partial charge in [0.2, 0.25) is 10.0 Å². The number of amides is 1. The van der Waals surface area contributed by atoms with E-state index in [-0.39, 0.29) is 6.10 Å². The number of rotatable bonds is 3. The first-order valence-electron chi connectivity index (χ1n) is 6.16. The van der Waals surface area contributed by atoms with Crippen molar-refractivity contribution < 1.29 is 26.7 Å². The molecule has 3 N–H and O–H groups in total. The van der Waals surface area contributed by atoms with Crippen LogP contribution in [-0.2, 0) is 19.6 Å². The van der Waals surface area contributed by atoms with Crippen LogP contribution in [0.4, 0.5) is 14.5 Å². The number of hydrogen-bond donors (Lipinski definition) is 2. The van der Waals surface area contributed by atoms with Gasteiger partial charge in [-0.1, -0.05) is 0 Å². The third-order valence-corrected chi connectivity index (χ3v) is 4.01. The van der Waals surface area contributed by atoms with E-state index in [4.69, 9.17) is 9.88 Å². The van der Waals surface area contributed by atoms with Crippen LogP contribution in [0.25, 0.3) is 0 Å². The molecule has 0 aromatic heterocycles. The molecule has 6 nitrogen and oxygen atoms in total. The SMILES string of the molecule is CC1CCC(C(=O)Nc2c(F)cc(S(N)(=O)=O)cc2F)O1. The summed E-state index contributed by atoms with van der Waals surface area (Å²) in [6.07, 6.45) is 0.246. The lowest BCUT2D eigenvalue weighted by Crippen LogP contribution is -2.28. The van der Waals surface area contributed by atoms with Gasteiger partial charge in [-0.05, 0) is 31.9 Å². The Labute approximate surface area is 120 Å². The highest BCUT2D eigenvalue weighted by Crippen LogP contribution is 2.25. The van der Waals surface area contributed by atoms with Gasteiger partial charge in [-0.15, -0.1) is 0 Å². The molecule has 2 atom stereocenters. The zero-order chi connectivity index (χ0) is 15.8. The van der Waals surface area contributed by atoms with Crippen molar-refractivity contribution in [1.29, 1.82) is 0 Å². The average Bonchev–Trinajstić information content (AvgIpc) is 2.79. The van der Waals surface area contributed by atoms with E-state index in [1.807, 2.05) is 0 Å². The number of primary sulfonamides is 1. The second kappa shape index (κ2) is 5.66. The Hall–Kier alpha value is -1.58. The summed E-state index contributed by atoms with van der Waals surface area (Å²) in [6, 6.07) is 1.10. The van der Waals surface area contributed by atoms with Gasteiger partial charge in [0.25, 0.3) is 5.91 Å². The molecule has 1 aliphatic heterocycles. The summed E-state index contributed by atoms with van der Waals surface area (Å²) in [5.41, 5.74) is -0.726. The number of carbonyl (C=O) groups excluding carboxylic acids is 1. The summed E-state index contributed by atoms with van der Waals surface area (Å²) in [4.78, 5) is 11.1. The van der Waals surface area contributed by atoms with E-state index in [0.29, 0.717) is 25.0 Å². The molecule has 2 rings (SSSR count). The lowest BCUT2D eigenvalue weighted by molar-refractivity contribution is -0.126. The minimum Gasteiger partial charge on any atom is -0.365 e. The molecule has 1 aromatic rings. The molecule has 1 amide bonds. The highest BCUT2D eigenvalue weighted by molar-refractivity contribution is 7.89. The van der Waals surface area contributed by atoms with Gasteiger partial charge in [-0.3, -0.25) is 4.79 Å². The summed E-state index contributed by atoms with van der Waals surface area (Å²) in [7, 11) is -4.23. The van der Waals surface area contributed by atoms with Crippen LogP contribution in [0.2, 0.25) is 0 Å². The average molecular weight is 320 g/mol. The van der Waals surface area contributed by atoms with Crippen molar-refractivity contribution in [3.05, 3.63) is 23.8 Å². The van der Waals surface area contributed by atoms with Crippen LogP contribution < -0.4 is 10.5 Å². The normalized spacial score (nSPS) is 22.3. The van der Waals surface area contributed by atoms with Crippen LogP contribution in [0.15, 0.2) is 17.0 Å². The lowest BCUT2D eigenvalue weighted by atomic mass is 10.2. The minimum absolute atomic E-state index is 0.0970. The molecule has 0 saturated carbocycles. The van der Waals surface area contributed by atoms with Gasteiger partial charge >= 0.3 is 0 Å². The van der Waals surface area contributed by atoms with E-state index < -0.39 is 44.3 Å². The summed E-state index contributed by atoms with van der Waals surface area (Å²) in [5, 5.41) is 6.86. The van der Waals surface area contributed by atoms with Crippen LogP contribution in [0.3, 0.4) is 0 Å². The van der Waals surface area contributed by atoms with Crippen molar-refractivity contribution in [2.24, 2.45) is 5.14 Å². The number of carbonyl (C=O) groups is 1. The molecule has 1 aliphatic rings. The van der Waals surface area contributed by atoms with Gasteiger partial charge in [-0.25, -0.2) is 22.3 Å². The third kappa shape index (κ3) is 3.55. The zero-order valence-corrected chi connectivity index (χ0v) is 11.9. The van der Waals surface area contributed by atoms with Crippen LogP contribution >= 0.6 is 0 Å². The summed E-state index contributed by atoms with van der Waals surface area (Å²) >= 11 is 0. The molecular formula is C12H14F2N2O4S. The number of sulfonamides is 1. The van der Waals surface area contributed by atoms with Gasteiger partial charge in [0.1, 0.15) is 11.8 Å². The van der Waals surface area contributed by atoms with Gasteiger partial charge in [0.05, 0.1) is 11.0 Å². The van der Waals surface area contributed by atoms with Gasteiger partial charge in [0, 0.05) is 0 Å². The van der Waals surface area contributed by atoms with Crippen molar-refractivity contribution in [2.75, 3.05) is 5.32 Å².